The number of aryl methyl sites for hydroxylation is 1. The van der Waals surface area contributed by atoms with Gasteiger partial charge < -0.3 is 4.90 Å². The highest BCUT2D eigenvalue weighted by molar-refractivity contribution is 7.90. The van der Waals surface area contributed by atoms with Crippen LogP contribution in [0, 0.1) is 6.92 Å². The number of fused-ring (bicyclic) bond motifs is 1. The minimum Gasteiger partial charge on any atom is -0.302 e. The number of anilines is 1. The average Bonchev–Trinajstić information content (AvgIpc) is 3.18. The molecule has 6 nitrogen and oxygen atoms in total. The fourth-order valence-corrected chi connectivity index (χ4v) is 5.46. The zero-order valence-electron chi connectivity index (χ0n) is 18.1. The molecule has 0 saturated carbocycles. The molecular weight excluding hydrogens is 454 g/mol. The molecule has 0 atom stereocenters. The lowest BCUT2D eigenvalue weighted by atomic mass is 10.2. The Balaban J connectivity index is 2.10. The standard InChI is InChI=1S/C22H26ClN3O3S2/c1-5-25(6-2)13-14-26(21(27)16-9-7-8-10-19(16)31(4,28)29)22-24-20-15(3)17(23)11-12-18(20)30-22/h7-12H,5-6,13-14H2,1-4H3. The zero-order valence-corrected chi connectivity index (χ0v) is 20.4. The van der Waals surface area contributed by atoms with Crippen LogP contribution in [-0.2, 0) is 9.84 Å². The summed E-state index contributed by atoms with van der Waals surface area (Å²) in [5, 5.41) is 1.15. The van der Waals surface area contributed by atoms with Crippen molar-refractivity contribution in [3.8, 4) is 0 Å². The summed E-state index contributed by atoms with van der Waals surface area (Å²) < 4.78 is 25.5. The van der Waals surface area contributed by atoms with Crippen molar-refractivity contribution < 1.29 is 13.2 Å². The number of nitrogens with zero attached hydrogens (tertiary/aromatic N) is 3. The molecule has 9 heteroatoms. The van der Waals surface area contributed by atoms with E-state index in [1.165, 1.54) is 17.4 Å². The fourth-order valence-electron chi connectivity index (χ4n) is 3.38. The topological polar surface area (TPSA) is 70.6 Å². The summed E-state index contributed by atoms with van der Waals surface area (Å²) in [6.45, 7) is 8.78. The van der Waals surface area contributed by atoms with Gasteiger partial charge in [0.05, 0.1) is 20.7 Å². The number of benzene rings is 2. The molecule has 0 radical (unpaired) electrons. The number of carbonyl (C=O) groups excluding carboxylic acids is 1. The number of rotatable bonds is 8. The molecule has 31 heavy (non-hydrogen) atoms. The van der Waals surface area contributed by atoms with Crippen molar-refractivity contribution in [3.63, 3.8) is 0 Å². The van der Waals surface area contributed by atoms with Crippen molar-refractivity contribution in [1.82, 2.24) is 9.88 Å². The van der Waals surface area contributed by atoms with Crippen LogP contribution in [0.2, 0.25) is 5.02 Å². The molecule has 1 heterocycles. The van der Waals surface area contributed by atoms with Crippen LogP contribution in [0.5, 0.6) is 0 Å². The van der Waals surface area contributed by atoms with Crippen LogP contribution >= 0.6 is 22.9 Å². The highest BCUT2D eigenvalue weighted by Crippen LogP contribution is 2.34. The number of hydrogen-bond donors (Lipinski definition) is 0. The average molecular weight is 480 g/mol. The lowest BCUT2D eigenvalue weighted by Crippen LogP contribution is -2.39. The Morgan fingerprint density at radius 3 is 2.42 bits per heavy atom. The van der Waals surface area contributed by atoms with Crippen molar-refractivity contribution in [1.29, 1.82) is 0 Å². The van der Waals surface area contributed by atoms with Crippen LogP contribution in [0.3, 0.4) is 0 Å². The van der Waals surface area contributed by atoms with E-state index in [1.807, 2.05) is 19.1 Å². The molecule has 0 aliphatic rings. The number of carbonyl (C=O) groups is 1. The van der Waals surface area contributed by atoms with Crippen LogP contribution in [0.4, 0.5) is 5.13 Å². The van der Waals surface area contributed by atoms with E-state index >= 15 is 0 Å². The van der Waals surface area contributed by atoms with E-state index in [0.29, 0.717) is 23.2 Å². The molecule has 0 N–H and O–H groups in total. The van der Waals surface area contributed by atoms with E-state index in [2.05, 4.69) is 18.7 Å². The smallest absolute Gasteiger partial charge is 0.261 e. The van der Waals surface area contributed by atoms with Crippen molar-refractivity contribution in [2.75, 3.05) is 37.3 Å². The number of likely N-dealkylation sites (N-methyl/N-ethyl adjacent to an activating group) is 1. The molecule has 1 amide bonds. The molecule has 0 spiro atoms. The Morgan fingerprint density at radius 1 is 1.10 bits per heavy atom. The second kappa shape index (κ2) is 9.65. The summed E-state index contributed by atoms with van der Waals surface area (Å²) in [5.74, 6) is -0.379. The molecule has 0 unspecified atom stereocenters. The lowest BCUT2D eigenvalue weighted by molar-refractivity contribution is 0.0980. The molecule has 0 aliphatic carbocycles. The molecule has 0 fully saturated rings. The molecule has 3 rings (SSSR count). The minimum absolute atomic E-state index is 0.0215. The van der Waals surface area contributed by atoms with Crippen LogP contribution < -0.4 is 4.90 Å². The summed E-state index contributed by atoms with van der Waals surface area (Å²) in [4.78, 5) is 22.1. The normalized spacial score (nSPS) is 11.9. The highest BCUT2D eigenvalue weighted by atomic mass is 35.5. The van der Waals surface area contributed by atoms with Gasteiger partial charge in [0.2, 0.25) is 0 Å². The van der Waals surface area contributed by atoms with Gasteiger partial charge in [0.1, 0.15) is 0 Å². The molecule has 0 aliphatic heterocycles. The van der Waals surface area contributed by atoms with Gasteiger partial charge in [0.25, 0.3) is 5.91 Å². The Morgan fingerprint density at radius 2 is 1.77 bits per heavy atom. The summed E-state index contributed by atoms with van der Waals surface area (Å²) in [6, 6.07) is 10.0. The molecule has 0 bridgehead atoms. The first kappa shape index (κ1) is 23.7. The van der Waals surface area contributed by atoms with Crippen LogP contribution in [0.25, 0.3) is 10.2 Å². The van der Waals surface area contributed by atoms with Crippen molar-refractivity contribution in [3.05, 3.63) is 52.5 Å². The van der Waals surface area contributed by atoms with Crippen molar-refractivity contribution in [2.24, 2.45) is 0 Å². The van der Waals surface area contributed by atoms with Gasteiger partial charge in [0, 0.05) is 24.4 Å². The van der Waals surface area contributed by atoms with Crippen molar-refractivity contribution >= 4 is 54.0 Å². The first-order chi connectivity index (χ1) is 14.7. The second-order valence-corrected chi connectivity index (χ2v) is 10.7. The predicted octanol–water partition coefficient (Wildman–Crippen LogP) is 4.65. The monoisotopic (exact) mass is 479 g/mol. The Bertz CT molecular complexity index is 1200. The molecule has 1 aromatic heterocycles. The summed E-state index contributed by atoms with van der Waals surface area (Å²) in [5.41, 5.74) is 1.76. The zero-order chi connectivity index (χ0) is 22.8. The van der Waals surface area contributed by atoms with E-state index < -0.39 is 9.84 Å². The molecular formula is C22H26ClN3O3S2. The fraction of sp³-hybridized carbons (Fsp3) is 0.364. The van der Waals surface area contributed by atoms with E-state index in [-0.39, 0.29) is 16.4 Å². The largest absolute Gasteiger partial charge is 0.302 e. The first-order valence-corrected chi connectivity index (χ1v) is 13.1. The number of sulfone groups is 1. The number of halogens is 1. The lowest BCUT2D eigenvalue weighted by Gasteiger charge is -2.25. The van der Waals surface area contributed by atoms with Gasteiger partial charge in [0.15, 0.2) is 15.0 Å². The third-order valence-corrected chi connectivity index (χ3v) is 7.87. The minimum atomic E-state index is -3.56. The van der Waals surface area contributed by atoms with Crippen LogP contribution in [-0.4, -0.2) is 56.6 Å². The summed E-state index contributed by atoms with van der Waals surface area (Å²) in [6.07, 6.45) is 1.11. The van der Waals surface area contributed by atoms with Gasteiger partial charge in [-0.25, -0.2) is 13.4 Å². The van der Waals surface area contributed by atoms with E-state index in [9.17, 15) is 13.2 Å². The number of thiazole rings is 1. The number of hydrogen-bond acceptors (Lipinski definition) is 6. The number of amides is 1. The maximum absolute atomic E-state index is 13.6. The van der Waals surface area contributed by atoms with Gasteiger partial charge in [-0.15, -0.1) is 0 Å². The van der Waals surface area contributed by atoms with Gasteiger partial charge in [-0.2, -0.15) is 0 Å². The molecule has 3 aromatic rings. The van der Waals surface area contributed by atoms with Crippen LogP contribution in [0.15, 0.2) is 41.3 Å². The SMILES string of the molecule is CCN(CC)CCN(C(=O)c1ccccc1S(C)(=O)=O)c1nc2c(C)c(Cl)ccc2s1. The van der Waals surface area contributed by atoms with Gasteiger partial charge in [-0.3, -0.25) is 9.69 Å². The van der Waals surface area contributed by atoms with Gasteiger partial charge in [-0.1, -0.05) is 48.9 Å². The van der Waals surface area contributed by atoms with Gasteiger partial charge >= 0.3 is 0 Å². The Hall–Kier alpha value is -2.00. The molecule has 0 saturated heterocycles. The highest BCUT2D eigenvalue weighted by Gasteiger charge is 2.26. The third-order valence-electron chi connectivity index (χ3n) is 5.26. The third kappa shape index (κ3) is 5.09. The van der Waals surface area contributed by atoms with Gasteiger partial charge in [-0.05, 0) is 49.8 Å². The van der Waals surface area contributed by atoms with E-state index in [1.54, 1.807) is 23.1 Å². The summed E-state index contributed by atoms with van der Waals surface area (Å²) >= 11 is 7.66. The predicted molar refractivity (Wildman–Crippen MR) is 128 cm³/mol. The van der Waals surface area contributed by atoms with E-state index in [0.717, 1.165) is 35.1 Å². The molecule has 166 valence electrons. The number of aromatic nitrogens is 1. The maximum atomic E-state index is 13.6. The Kier molecular flexibility index (Phi) is 7.36. The summed E-state index contributed by atoms with van der Waals surface area (Å²) in [7, 11) is -3.56. The van der Waals surface area contributed by atoms with E-state index in [4.69, 9.17) is 16.6 Å². The quantitative estimate of drug-likeness (QED) is 0.470. The van der Waals surface area contributed by atoms with Crippen molar-refractivity contribution in [2.45, 2.75) is 25.7 Å². The maximum Gasteiger partial charge on any atom is 0.261 e. The first-order valence-electron chi connectivity index (χ1n) is 10.1. The molecule has 2 aromatic carbocycles. The second-order valence-electron chi connectivity index (χ2n) is 7.27. The Labute approximate surface area is 192 Å². The van der Waals surface area contributed by atoms with Crippen LogP contribution in [0.1, 0.15) is 29.8 Å².